The molecule has 4 N–H and O–H groups in total. The normalized spacial score (nSPS) is 14.1. The number of carbonyl (C=O) groups excluding carboxylic acids is 1. The van der Waals surface area contributed by atoms with E-state index >= 15 is 0 Å². The molecule has 4 aromatic rings. The Bertz CT molecular complexity index is 1310. The lowest BCUT2D eigenvalue weighted by atomic mass is 9.95. The highest BCUT2D eigenvalue weighted by atomic mass is 16.5. The minimum Gasteiger partial charge on any atom is -0.482 e. The van der Waals surface area contributed by atoms with Crippen molar-refractivity contribution in [2.45, 2.75) is 26.4 Å². The number of amides is 1. The maximum atomic E-state index is 11.8. The SMILES string of the molecule is CNCc1cc(-c2cc3c(N[C@@H](c4ccc5c(c4)NC(=O)CO5)C(C)C)ncnc3[nH]2)co1. The maximum absolute atomic E-state index is 11.8. The number of aromatic amines is 1. The van der Waals surface area contributed by atoms with Gasteiger partial charge in [0.15, 0.2) is 6.61 Å². The Morgan fingerprint density at radius 2 is 2.06 bits per heavy atom. The summed E-state index contributed by atoms with van der Waals surface area (Å²) < 4.78 is 11.1. The maximum Gasteiger partial charge on any atom is 0.262 e. The molecule has 0 radical (unpaired) electrons. The Kier molecular flexibility index (Phi) is 5.47. The van der Waals surface area contributed by atoms with Gasteiger partial charge in [0.1, 0.15) is 35.6 Å². The molecular formula is C24H26N6O3. The van der Waals surface area contributed by atoms with Gasteiger partial charge in [-0.2, -0.15) is 0 Å². The highest BCUT2D eigenvalue weighted by molar-refractivity contribution is 5.95. The molecule has 0 aliphatic carbocycles. The fourth-order valence-electron chi connectivity index (χ4n) is 4.08. The third-order valence-electron chi connectivity index (χ3n) is 5.70. The van der Waals surface area contributed by atoms with Crippen molar-refractivity contribution in [1.29, 1.82) is 0 Å². The summed E-state index contributed by atoms with van der Waals surface area (Å²) >= 11 is 0. The van der Waals surface area contributed by atoms with Gasteiger partial charge in [-0.25, -0.2) is 9.97 Å². The number of furan rings is 1. The molecule has 0 bridgehead atoms. The van der Waals surface area contributed by atoms with Crippen LogP contribution in [0, 0.1) is 5.92 Å². The number of rotatable bonds is 7. The zero-order chi connectivity index (χ0) is 22.9. The van der Waals surface area contributed by atoms with Crippen LogP contribution in [0.2, 0.25) is 0 Å². The van der Waals surface area contributed by atoms with Crippen LogP contribution in [0.1, 0.15) is 31.2 Å². The standard InChI is InChI=1S/C24H26N6O3/c1-13(2)22(14-4-5-20-19(7-14)28-21(31)11-33-20)30-24-17-8-18(29-23(17)26-12-27-24)15-6-16(9-25-3)32-10-15/h4-8,10,12-13,22,25H,9,11H2,1-3H3,(H,28,31)(H2,26,27,29,30)/t22-/m1/s1. The fourth-order valence-corrected chi connectivity index (χ4v) is 4.08. The van der Waals surface area contributed by atoms with Gasteiger partial charge in [0.05, 0.1) is 29.4 Å². The zero-order valence-electron chi connectivity index (χ0n) is 18.7. The third-order valence-corrected chi connectivity index (χ3v) is 5.70. The van der Waals surface area contributed by atoms with Crippen molar-refractivity contribution in [2.75, 3.05) is 24.3 Å². The van der Waals surface area contributed by atoms with Crippen molar-refractivity contribution in [1.82, 2.24) is 20.3 Å². The summed E-state index contributed by atoms with van der Waals surface area (Å²) in [5, 5.41) is 10.5. The van der Waals surface area contributed by atoms with E-state index in [0.717, 1.165) is 39.4 Å². The molecule has 0 unspecified atom stereocenters. The van der Waals surface area contributed by atoms with Crippen molar-refractivity contribution in [3.8, 4) is 17.0 Å². The van der Waals surface area contributed by atoms with E-state index in [9.17, 15) is 4.79 Å². The van der Waals surface area contributed by atoms with Crippen LogP contribution in [0.5, 0.6) is 5.75 Å². The molecule has 1 aromatic carbocycles. The second-order valence-electron chi connectivity index (χ2n) is 8.46. The Balaban J connectivity index is 1.47. The van der Waals surface area contributed by atoms with Crippen molar-refractivity contribution in [3.05, 3.63) is 54.2 Å². The summed E-state index contributed by atoms with van der Waals surface area (Å²) in [5.74, 6) is 2.38. The monoisotopic (exact) mass is 446 g/mol. The first kappa shape index (κ1) is 21.0. The summed E-state index contributed by atoms with van der Waals surface area (Å²) in [6, 6.07) is 9.87. The summed E-state index contributed by atoms with van der Waals surface area (Å²) in [5.41, 5.74) is 4.32. The first-order valence-electron chi connectivity index (χ1n) is 10.9. The number of hydrogen-bond donors (Lipinski definition) is 4. The number of fused-ring (bicyclic) bond motifs is 2. The molecule has 4 heterocycles. The Morgan fingerprint density at radius 3 is 2.88 bits per heavy atom. The summed E-state index contributed by atoms with van der Waals surface area (Å²) in [4.78, 5) is 24.0. The van der Waals surface area contributed by atoms with Gasteiger partial charge in [-0.3, -0.25) is 4.79 Å². The summed E-state index contributed by atoms with van der Waals surface area (Å²) in [7, 11) is 1.88. The highest BCUT2D eigenvalue weighted by Crippen LogP contribution is 2.35. The number of nitrogens with zero attached hydrogens (tertiary/aromatic N) is 2. The first-order chi connectivity index (χ1) is 16.0. The summed E-state index contributed by atoms with van der Waals surface area (Å²) in [6.45, 7) is 4.99. The average Bonchev–Trinajstić information content (AvgIpc) is 3.44. The molecule has 33 heavy (non-hydrogen) atoms. The van der Waals surface area contributed by atoms with Crippen LogP contribution in [-0.4, -0.2) is 34.5 Å². The molecule has 9 heteroatoms. The second kappa shape index (κ2) is 8.59. The van der Waals surface area contributed by atoms with E-state index in [4.69, 9.17) is 9.15 Å². The minimum absolute atomic E-state index is 0.0401. The fraction of sp³-hybridized carbons (Fsp3) is 0.292. The molecule has 1 aliphatic rings. The molecule has 3 aromatic heterocycles. The van der Waals surface area contributed by atoms with E-state index in [1.807, 2.05) is 37.4 Å². The van der Waals surface area contributed by atoms with Crippen molar-refractivity contribution in [2.24, 2.45) is 5.92 Å². The van der Waals surface area contributed by atoms with Crippen LogP contribution >= 0.6 is 0 Å². The Morgan fingerprint density at radius 1 is 1.18 bits per heavy atom. The van der Waals surface area contributed by atoms with E-state index in [1.54, 1.807) is 12.6 Å². The van der Waals surface area contributed by atoms with Crippen LogP contribution in [0.25, 0.3) is 22.3 Å². The molecule has 0 saturated carbocycles. The van der Waals surface area contributed by atoms with Gasteiger partial charge in [-0.1, -0.05) is 19.9 Å². The van der Waals surface area contributed by atoms with Gasteiger partial charge in [-0.15, -0.1) is 0 Å². The molecule has 5 rings (SSSR count). The molecule has 0 spiro atoms. The number of carbonyl (C=O) groups is 1. The van der Waals surface area contributed by atoms with Gasteiger partial charge >= 0.3 is 0 Å². The quantitative estimate of drug-likeness (QED) is 0.338. The van der Waals surface area contributed by atoms with Crippen molar-refractivity contribution in [3.63, 3.8) is 0 Å². The minimum atomic E-state index is -0.150. The number of anilines is 2. The van der Waals surface area contributed by atoms with Gasteiger partial charge < -0.3 is 30.1 Å². The van der Waals surface area contributed by atoms with Crippen LogP contribution < -0.4 is 20.7 Å². The molecule has 1 amide bonds. The average molecular weight is 447 g/mol. The van der Waals surface area contributed by atoms with Crippen LogP contribution in [0.4, 0.5) is 11.5 Å². The Hall–Kier alpha value is -3.85. The van der Waals surface area contributed by atoms with Crippen LogP contribution in [0.15, 0.2) is 47.3 Å². The van der Waals surface area contributed by atoms with Crippen LogP contribution in [-0.2, 0) is 11.3 Å². The molecule has 0 fully saturated rings. The van der Waals surface area contributed by atoms with Gasteiger partial charge in [-0.05, 0) is 42.8 Å². The number of nitrogens with one attached hydrogen (secondary N) is 4. The van der Waals surface area contributed by atoms with Crippen molar-refractivity contribution >= 4 is 28.4 Å². The molecule has 9 nitrogen and oxygen atoms in total. The van der Waals surface area contributed by atoms with E-state index in [0.29, 0.717) is 18.0 Å². The van der Waals surface area contributed by atoms with E-state index in [2.05, 4.69) is 44.7 Å². The van der Waals surface area contributed by atoms with Gasteiger partial charge in [0.25, 0.3) is 5.91 Å². The van der Waals surface area contributed by atoms with Crippen molar-refractivity contribution < 1.29 is 13.9 Å². The predicted octanol–water partition coefficient (Wildman–Crippen LogP) is 4.08. The Labute approximate surface area is 191 Å². The third kappa shape index (κ3) is 4.14. The largest absolute Gasteiger partial charge is 0.482 e. The smallest absolute Gasteiger partial charge is 0.262 e. The molecule has 170 valence electrons. The predicted molar refractivity (Wildman–Crippen MR) is 126 cm³/mol. The zero-order valence-corrected chi connectivity index (χ0v) is 18.7. The number of ether oxygens (including phenoxy) is 1. The number of H-pyrrole nitrogens is 1. The summed E-state index contributed by atoms with van der Waals surface area (Å²) in [6.07, 6.45) is 3.28. The molecule has 1 atom stereocenters. The van der Waals surface area contributed by atoms with Crippen LogP contribution in [0.3, 0.4) is 0 Å². The second-order valence-corrected chi connectivity index (χ2v) is 8.46. The van der Waals surface area contributed by atoms with E-state index in [1.165, 1.54) is 0 Å². The highest BCUT2D eigenvalue weighted by Gasteiger charge is 2.22. The van der Waals surface area contributed by atoms with E-state index in [-0.39, 0.29) is 24.5 Å². The number of aromatic nitrogens is 3. The molecule has 1 aliphatic heterocycles. The molecular weight excluding hydrogens is 420 g/mol. The number of benzene rings is 1. The first-order valence-corrected chi connectivity index (χ1v) is 10.9. The van der Waals surface area contributed by atoms with Gasteiger partial charge in [0, 0.05) is 5.56 Å². The molecule has 0 saturated heterocycles. The lowest BCUT2D eigenvalue weighted by Gasteiger charge is -2.26. The lowest BCUT2D eigenvalue weighted by Crippen LogP contribution is -2.26. The topological polar surface area (TPSA) is 117 Å². The number of hydrogen-bond acceptors (Lipinski definition) is 7. The van der Waals surface area contributed by atoms with Gasteiger partial charge in [0.2, 0.25) is 0 Å². The van der Waals surface area contributed by atoms with E-state index < -0.39 is 0 Å². The lowest BCUT2D eigenvalue weighted by molar-refractivity contribution is -0.118.